The zero-order valence-electron chi connectivity index (χ0n) is 17.5. The van der Waals surface area contributed by atoms with Gasteiger partial charge in [-0.3, -0.25) is 24.3 Å². The third kappa shape index (κ3) is 4.92. The maximum absolute atomic E-state index is 12.9. The number of rotatable bonds is 9. The number of amides is 3. The second kappa shape index (κ2) is 9.90. The number of carbonyl (C=O) groups is 3. The fraction of sp³-hybridized carbons (Fsp3) is 0.333. The summed E-state index contributed by atoms with van der Waals surface area (Å²) >= 11 is 0. The molecule has 0 bridgehead atoms. The first-order valence-corrected chi connectivity index (χ1v) is 10.3. The molecule has 3 rings (SSSR count). The van der Waals surface area contributed by atoms with Crippen LogP contribution in [0.4, 0.5) is 0 Å². The largest absolute Gasteiger partial charge is 0.505 e. The molecular formula is C24H25N3O4. The first-order valence-electron chi connectivity index (χ1n) is 10.3. The van der Waals surface area contributed by atoms with Crippen molar-refractivity contribution < 1.29 is 19.5 Å². The van der Waals surface area contributed by atoms with E-state index < -0.39 is 11.8 Å². The summed E-state index contributed by atoms with van der Waals surface area (Å²) < 4.78 is 0. The molecule has 0 radical (unpaired) electrons. The summed E-state index contributed by atoms with van der Waals surface area (Å²) in [5.74, 6) is 1.07. The second-order valence-electron chi connectivity index (χ2n) is 7.46. The molecule has 0 fully saturated rings. The molecule has 1 aromatic carbocycles. The Morgan fingerprint density at radius 1 is 1.13 bits per heavy atom. The Bertz CT molecular complexity index is 1040. The highest BCUT2D eigenvalue weighted by atomic mass is 16.3. The minimum Gasteiger partial charge on any atom is -0.505 e. The number of terminal acetylenes is 1. The van der Waals surface area contributed by atoms with Gasteiger partial charge >= 0.3 is 0 Å². The van der Waals surface area contributed by atoms with E-state index in [9.17, 15) is 19.5 Å². The molecule has 2 aromatic rings. The summed E-state index contributed by atoms with van der Waals surface area (Å²) in [6, 6.07) is 9.50. The zero-order valence-corrected chi connectivity index (χ0v) is 17.5. The zero-order chi connectivity index (χ0) is 22.4. The topological polar surface area (TPSA) is 99.6 Å². The molecule has 7 heteroatoms. The van der Waals surface area contributed by atoms with Crippen molar-refractivity contribution >= 4 is 17.7 Å². The molecule has 31 heavy (non-hydrogen) atoms. The molecule has 3 amide bonds. The Kier molecular flexibility index (Phi) is 7.03. The van der Waals surface area contributed by atoms with Crippen molar-refractivity contribution in [2.75, 3.05) is 13.1 Å². The van der Waals surface area contributed by atoms with Crippen LogP contribution in [0.15, 0.2) is 30.3 Å². The van der Waals surface area contributed by atoms with E-state index in [0.717, 1.165) is 10.5 Å². The monoisotopic (exact) mass is 419 g/mol. The molecule has 2 N–H and O–H groups in total. The highest BCUT2D eigenvalue weighted by molar-refractivity contribution is 6.23. The molecule has 0 atom stereocenters. The molecule has 0 spiro atoms. The number of hydrogen-bond acceptors (Lipinski definition) is 5. The van der Waals surface area contributed by atoms with Crippen molar-refractivity contribution in [3.05, 3.63) is 58.4 Å². The summed E-state index contributed by atoms with van der Waals surface area (Å²) in [6.45, 7) is 2.11. The molecular weight excluding hydrogens is 394 g/mol. The molecule has 160 valence electrons. The van der Waals surface area contributed by atoms with E-state index in [1.54, 1.807) is 6.92 Å². The van der Waals surface area contributed by atoms with Gasteiger partial charge < -0.3 is 10.4 Å². The number of benzene rings is 1. The normalized spacial score (nSPS) is 12.6. The predicted molar refractivity (Wildman–Crippen MR) is 116 cm³/mol. The van der Waals surface area contributed by atoms with Gasteiger partial charge in [-0.2, -0.15) is 0 Å². The molecule has 0 saturated carbocycles. The highest BCUT2D eigenvalue weighted by Crippen LogP contribution is 2.35. The van der Waals surface area contributed by atoms with Crippen molar-refractivity contribution in [2.24, 2.45) is 0 Å². The number of nitrogens with zero attached hydrogens (tertiary/aromatic N) is 2. The van der Waals surface area contributed by atoms with Crippen molar-refractivity contribution in [3.63, 3.8) is 0 Å². The van der Waals surface area contributed by atoms with Crippen LogP contribution in [0.2, 0.25) is 0 Å². The third-order valence-corrected chi connectivity index (χ3v) is 5.23. The second-order valence-corrected chi connectivity index (χ2v) is 7.46. The maximum Gasteiger partial charge on any atom is 0.265 e. The molecule has 1 aliphatic rings. The van der Waals surface area contributed by atoms with Crippen LogP contribution in [0.1, 0.15) is 63.4 Å². The number of aryl methyl sites for hydroxylation is 1. The number of unbranched alkanes of at least 4 members (excludes halogenated alkanes) is 2. The number of pyridine rings is 1. The van der Waals surface area contributed by atoms with Crippen LogP contribution in [0, 0.1) is 19.3 Å². The lowest BCUT2D eigenvalue weighted by Gasteiger charge is -2.13. The van der Waals surface area contributed by atoms with Gasteiger partial charge in [0, 0.05) is 19.4 Å². The van der Waals surface area contributed by atoms with Crippen molar-refractivity contribution in [2.45, 2.75) is 39.0 Å². The summed E-state index contributed by atoms with van der Waals surface area (Å²) in [5, 5.41) is 13.3. The van der Waals surface area contributed by atoms with Crippen LogP contribution in [-0.4, -0.2) is 45.8 Å². The summed E-state index contributed by atoms with van der Waals surface area (Å²) in [5.41, 5.74) is 1.97. The fourth-order valence-corrected chi connectivity index (χ4v) is 3.67. The van der Waals surface area contributed by atoms with Crippen molar-refractivity contribution in [3.8, 4) is 18.1 Å². The van der Waals surface area contributed by atoms with E-state index in [4.69, 9.17) is 6.42 Å². The Balaban J connectivity index is 1.65. The molecule has 0 aliphatic carbocycles. The number of aromatic hydroxyl groups is 1. The smallest absolute Gasteiger partial charge is 0.265 e. The van der Waals surface area contributed by atoms with E-state index in [1.807, 2.05) is 30.3 Å². The van der Waals surface area contributed by atoms with Crippen LogP contribution >= 0.6 is 0 Å². The van der Waals surface area contributed by atoms with Gasteiger partial charge in [-0.1, -0.05) is 42.7 Å². The fourth-order valence-electron chi connectivity index (χ4n) is 3.67. The van der Waals surface area contributed by atoms with Gasteiger partial charge in [0.15, 0.2) is 5.75 Å². The predicted octanol–water partition coefficient (Wildman–Crippen LogP) is 2.59. The van der Waals surface area contributed by atoms with Gasteiger partial charge in [-0.15, -0.1) is 6.42 Å². The molecule has 2 heterocycles. The minimum atomic E-state index is -0.496. The number of carbonyl (C=O) groups excluding carboxylic acids is 3. The van der Waals surface area contributed by atoms with E-state index in [-0.39, 0.29) is 35.9 Å². The lowest BCUT2D eigenvalue weighted by Crippen LogP contribution is -2.31. The van der Waals surface area contributed by atoms with E-state index in [2.05, 4.69) is 16.2 Å². The Labute approximate surface area is 181 Å². The quantitative estimate of drug-likeness (QED) is 0.370. The average molecular weight is 419 g/mol. The number of aromatic nitrogens is 1. The van der Waals surface area contributed by atoms with Crippen LogP contribution in [0.25, 0.3) is 0 Å². The van der Waals surface area contributed by atoms with Crippen molar-refractivity contribution in [1.82, 2.24) is 15.2 Å². The van der Waals surface area contributed by atoms with E-state index in [1.165, 1.54) is 0 Å². The molecule has 0 unspecified atom stereocenters. The summed E-state index contributed by atoms with van der Waals surface area (Å²) in [4.78, 5) is 42.8. The summed E-state index contributed by atoms with van der Waals surface area (Å²) in [6.07, 6.45) is 7.69. The van der Waals surface area contributed by atoms with Crippen LogP contribution in [0.3, 0.4) is 0 Å². The number of fused-ring (bicyclic) bond motifs is 1. The Hall–Kier alpha value is -3.66. The maximum atomic E-state index is 12.9. The van der Waals surface area contributed by atoms with Gasteiger partial charge in [0.2, 0.25) is 5.91 Å². The van der Waals surface area contributed by atoms with Crippen LogP contribution < -0.4 is 5.32 Å². The van der Waals surface area contributed by atoms with E-state index in [0.29, 0.717) is 43.5 Å². The molecule has 7 nitrogen and oxygen atoms in total. The average Bonchev–Trinajstić information content (AvgIpc) is 3.01. The van der Waals surface area contributed by atoms with Gasteiger partial charge in [0.05, 0.1) is 29.1 Å². The lowest BCUT2D eigenvalue weighted by atomic mass is 10.0. The van der Waals surface area contributed by atoms with Gasteiger partial charge in [-0.05, 0) is 25.3 Å². The van der Waals surface area contributed by atoms with E-state index >= 15 is 0 Å². The van der Waals surface area contributed by atoms with Crippen LogP contribution in [0.5, 0.6) is 5.75 Å². The summed E-state index contributed by atoms with van der Waals surface area (Å²) in [7, 11) is 0. The Morgan fingerprint density at radius 3 is 2.55 bits per heavy atom. The standard InChI is InChI=1S/C24H25N3O4/c1-3-13-25-19(28)12-8-5-9-14-27-23(30)20-16(2)26-18(22(29)21(20)24(27)31)15-17-10-6-4-7-11-17/h1,4,6-7,10-11,29H,5,8-9,12-15H2,2H3,(H,25,28). The number of hydrogen-bond donors (Lipinski definition) is 2. The van der Waals surface area contributed by atoms with Crippen molar-refractivity contribution in [1.29, 1.82) is 0 Å². The lowest BCUT2D eigenvalue weighted by molar-refractivity contribution is -0.120. The van der Waals surface area contributed by atoms with Gasteiger partial charge in [0.1, 0.15) is 0 Å². The minimum absolute atomic E-state index is 0.0390. The first-order chi connectivity index (χ1) is 14.9. The number of nitrogens with one attached hydrogen (secondary N) is 1. The molecule has 1 aliphatic heterocycles. The third-order valence-electron chi connectivity index (χ3n) is 5.23. The molecule has 0 saturated heterocycles. The van der Waals surface area contributed by atoms with Gasteiger partial charge in [0.25, 0.3) is 11.8 Å². The number of imide groups is 1. The van der Waals surface area contributed by atoms with Crippen LogP contribution in [-0.2, 0) is 11.2 Å². The SMILES string of the molecule is C#CCNC(=O)CCCCCN1C(=O)c2c(C)nc(Cc3ccccc3)c(O)c2C1=O. The highest BCUT2D eigenvalue weighted by Gasteiger charge is 2.40. The first kappa shape index (κ1) is 22.0. The molecule has 1 aromatic heterocycles. The Morgan fingerprint density at radius 2 is 1.84 bits per heavy atom. The van der Waals surface area contributed by atoms with Gasteiger partial charge in [-0.25, -0.2) is 0 Å².